The van der Waals surface area contributed by atoms with Gasteiger partial charge in [0.25, 0.3) is 0 Å². The van der Waals surface area contributed by atoms with Crippen molar-refractivity contribution < 1.29 is 8.42 Å². The molecule has 5 nitrogen and oxygen atoms in total. The van der Waals surface area contributed by atoms with Gasteiger partial charge in [-0.2, -0.15) is 0 Å². The molecule has 0 atom stereocenters. The minimum Gasteiger partial charge on any atom is -0.328 e. The van der Waals surface area contributed by atoms with E-state index >= 15 is 0 Å². The number of hydrogen-bond donors (Lipinski definition) is 0. The van der Waals surface area contributed by atoms with Gasteiger partial charge in [-0.25, -0.2) is 13.4 Å². The molecule has 2 aromatic rings. The summed E-state index contributed by atoms with van der Waals surface area (Å²) in [7, 11) is -2.89. The lowest BCUT2D eigenvalue weighted by molar-refractivity contribution is 0.578. The van der Waals surface area contributed by atoms with Gasteiger partial charge in [-0.05, 0) is 31.7 Å². The molecule has 0 saturated heterocycles. The van der Waals surface area contributed by atoms with E-state index in [-0.39, 0.29) is 0 Å². The molecular weight excluding hydrogens is 310 g/mol. The van der Waals surface area contributed by atoms with E-state index in [1.807, 2.05) is 20.0 Å². The Kier molecular flexibility index (Phi) is 6.16. The number of pyridine rings is 1. The molecular formula is C17H27N3O2S. The fraction of sp³-hybridized carbons (Fsp3) is 0.647. The monoisotopic (exact) mass is 337 g/mol. The van der Waals surface area contributed by atoms with Crippen molar-refractivity contribution >= 4 is 20.9 Å². The summed E-state index contributed by atoms with van der Waals surface area (Å²) in [5, 5.41) is 0. The number of hydrogen-bond acceptors (Lipinski definition) is 4. The van der Waals surface area contributed by atoms with Gasteiger partial charge in [0.05, 0.1) is 23.2 Å². The average Bonchev–Trinajstić information content (AvgIpc) is 2.89. The molecule has 128 valence electrons. The molecule has 0 unspecified atom stereocenters. The van der Waals surface area contributed by atoms with Crippen molar-refractivity contribution in [2.24, 2.45) is 0 Å². The van der Waals surface area contributed by atoms with Gasteiger partial charge in [0, 0.05) is 19.2 Å². The van der Waals surface area contributed by atoms with Crippen molar-refractivity contribution in [1.82, 2.24) is 14.5 Å². The van der Waals surface area contributed by atoms with Gasteiger partial charge in [-0.3, -0.25) is 4.98 Å². The maximum atomic E-state index is 11.9. The van der Waals surface area contributed by atoms with E-state index in [1.165, 1.54) is 0 Å². The Morgan fingerprint density at radius 3 is 2.52 bits per heavy atom. The number of sulfone groups is 1. The van der Waals surface area contributed by atoms with Gasteiger partial charge in [0.15, 0.2) is 0 Å². The number of nitrogens with zero attached hydrogens (tertiary/aromatic N) is 3. The first kappa shape index (κ1) is 17.9. The highest BCUT2D eigenvalue weighted by Gasteiger charge is 2.13. The van der Waals surface area contributed by atoms with Crippen LogP contribution >= 0.6 is 0 Å². The average molecular weight is 337 g/mol. The normalized spacial score (nSPS) is 12.1. The van der Waals surface area contributed by atoms with Crippen LogP contribution in [-0.4, -0.2) is 34.5 Å². The van der Waals surface area contributed by atoms with Crippen LogP contribution < -0.4 is 0 Å². The summed E-state index contributed by atoms with van der Waals surface area (Å²) in [5.74, 6) is 1.66. The lowest BCUT2D eigenvalue weighted by atomic mass is 10.2. The third kappa shape index (κ3) is 4.53. The molecule has 0 aliphatic rings. The highest BCUT2D eigenvalue weighted by molar-refractivity contribution is 7.91. The van der Waals surface area contributed by atoms with Crippen LogP contribution in [-0.2, 0) is 22.8 Å². The number of unbranched alkanes of at least 4 members (excludes halogenated alkanes) is 2. The summed E-state index contributed by atoms with van der Waals surface area (Å²) >= 11 is 0. The highest BCUT2D eigenvalue weighted by Crippen LogP contribution is 2.20. The van der Waals surface area contributed by atoms with E-state index in [0.717, 1.165) is 54.6 Å². The van der Waals surface area contributed by atoms with Crippen LogP contribution in [0.4, 0.5) is 0 Å². The van der Waals surface area contributed by atoms with Crippen LogP contribution in [0, 0.1) is 6.92 Å². The van der Waals surface area contributed by atoms with E-state index in [9.17, 15) is 8.42 Å². The third-order valence-corrected chi connectivity index (χ3v) is 5.95. The van der Waals surface area contributed by atoms with Gasteiger partial charge < -0.3 is 4.57 Å². The zero-order valence-corrected chi connectivity index (χ0v) is 15.2. The lowest BCUT2D eigenvalue weighted by Crippen LogP contribution is -2.12. The molecule has 0 amide bonds. The second-order valence-electron chi connectivity index (χ2n) is 6.07. The molecule has 0 fully saturated rings. The lowest BCUT2D eigenvalue weighted by Gasteiger charge is -2.09. The minimum absolute atomic E-state index is 0.293. The number of rotatable bonds is 9. The molecule has 0 spiro atoms. The second-order valence-corrected chi connectivity index (χ2v) is 8.37. The van der Waals surface area contributed by atoms with Gasteiger partial charge in [-0.1, -0.05) is 20.3 Å². The van der Waals surface area contributed by atoms with Crippen molar-refractivity contribution in [3.8, 4) is 0 Å². The molecule has 0 bridgehead atoms. The summed E-state index contributed by atoms with van der Waals surface area (Å²) < 4.78 is 26.1. The second kappa shape index (κ2) is 7.90. The van der Waals surface area contributed by atoms with E-state index in [2.05, 4.69) is 21.5 Å². The Labute approximate surface area is 139 Å². The highest BCUT2D eigenvalue weighted by atomic mass is 32.2. The fourth-order valence-electron chi connectivity index (χ4n) is 2.87. The standard InChI is InChI=1S/C17H27N3O2S/c1-4-6-10-23(21,22)11-8-7-9-20-16(5-2)19-15-13-18-12-14(3)17(15)20/h12-13H,4-11H2,1-3H3. The van der Waals surface area contributed by atoms with Gasteiger partial charge >= 0.3 is 0 Å². The molecule has 0 aliphatic heterocycles. The molecule has 0 saturated carbocycles. The largest absolute Gasteiger partial charge is 0.328 e. The summed E-state index contributed by atoms with van der Waals surface area (Å²) in [6, 6.07) is 0. The first-order chi connectivity index (χ1) is 11.0. The maximum absolute atomic E-state index is 11.9. The molecule has 23 heavy (non-hydrogen) atoms. The molecule has 0 N–H and O–H groups in total. The quantitative estimate of drug-likeness (QED) is 0.659. The van der Waals surface area contributed by atoms with Crippen LogP contribution in [0.25, 0.3) is 11.0 Å². The number of fused-ring (bicyclic) bond motifs is 1. The van der Waals surface area contributed by atoms with Crippen LogP contribution in [0.3, 0.4) is 0 Å². The van der Waals surface area contributed by atoms with Crippen LogP contribution in [0.15, 0.2) is 12.4 Å². The number of imidazole rings is 1. The molecule has 2 rings (SSSR count). The Balaban J connectivity index is 2.02. The summed E-state index contributed by atoms with van der Waals surface area (Å²) in [6.07, 6.45) is 7.77. The minimum atomic E-state index is -2.89. The van der Waals surface area contributed by atoms with E-state index in [1.54, 1.807) is 6.20 Å². The smallest absolute Gasteiger partial charge is 0.150 e. The van der Waals surface area contributed by atoms with Crippen molar-refractivity contribution in [1.29, 1.82) is 0 Å². The zero-order chi connectivity index (χ0) is 16.9. The van der Waals surface area contributed by atoms with Gasteiger partial charge in [0.2, 0.25) is 0 Å². The Bertz CT molecular complexity index is 751. The number of aromatic nitrogens is 3. The Morgan fingerprint density at radius 2 is 1.83 bits per heavy atom. The molecule has 2 heterocycles. The molecule has 0 aromatic carbocycles. The Morgan fingerprint density at radius 1 is 1.09 bits per heavy atom. The topological polar surface area (TPSA) is 64.8 Å². The Hall–Kier alpha value is -1.43. The number of aryl methyl sites for hydroxylation is 3. The summed E-state index contributed by atoms with van der Waals surface area (Å²) in [6.45, 7) is 6.97. The van der Waals surface area contributed by atoms with Crippen LogP contribution in [0.5, 0.6) is 0 Å². The molecule has 2 aromatic heterocycles. The fourth-order valence-corrected chi connectivity index (χ4v) is 4.45. The van der Waals surface area contributed by atoms with Crippen molar-refractivity contribution in [2.75, 3.05) is 11.5 Å². The van der Waals surface area contributed by atoms with E-state index < -0.39 is 9.84 Å². The predicted molar refractivity (Wildman–Crippen MR) is 94.4 cm³/mol. The summed E-state index contributed by atoms with van der Waals surface area (Å²) in [5.41, 5.74) is 3.17. The molecule has 0 aliphatic carbocycles. The SMILES string of the molecule is CCCCS(=O)(=O)CCCCn1c(CC)nc2cncc(C)c21. The third-order valence-electron chi connectivity index (χ3n) is 4.12. The van der Waals surface area contributed by atoms with Crippen molar-refractivity contribution in [3.05, 3.63) is 23.8 Å². The maximum Gasteiger partial charge on any atom is 0.150 e. The van der Waals surface area contributed by atoms with Crippen LogP contribution in [0.2, 0.25) is 0 Å². The zero-order valence-electron chi connectivity index (χ0n) is 14.4. The van der Waals surface area contributed by atoms with Gasteiger partial charge in [0.1, 0.15) is 21.2 Å². The van der Waals surface area contributed by atoms with Crippen molar-refractivity contribution in [3.63, 3.8) is 0 Å². The van der Waals surface area contributed by atoms with Crippen LogP contribution in [0.1, 0.15) is 50.9 Å². The molecule has 6 heteroatoms. The first-order valence-electron chi connectivity index (χ1n) is 8.48. The predicted octanol–water partition coefficient (Wildman–Crippen LogP) is 3.30. The van der Waals surface area contributed by atoms with E-state index in [0.29, 0.717) is 17.9 Å². The van der Waals surface area contributed by atoms with Crippen molar-refractivity contribution in [2.45, 2.75) is 59.4 Å². The van der Waals surface area contributed by atoms with Gasteiger partial charge in [-0.15, -0.1) is 0 Å². The summed E-state index contributed by atoms with van der Waals surface area (Å²) in [4.78, 5) is 8.85. The van der Waals surface area contributed by atoms with E-state index in [4.69, 9.17) is 0 Å². The molecule has 0 radical (unpaired) electrons. The first-order valence-corrected chi connectivity index (χ1v) is 10.3.